The molecular weight excluding hydrogens is 394 g/mol. The van der Waals surface area contributed by atoms with Crippen LogP contribution in [0.3, 0.4) is 0 Å². The molecule has 166 valence electrons. The van der Waals surface area contributed by atoms with Gasteiger partial charge in [-0.1, -0.05) is 25.1 Å². The molecule has 1 aromatic heterocycles. The molecule has 2 N–H and O–H groups in total. The number of likely N-dealkylation sites (tertiary alicyclic amines) is 1. The van der Waals surface area contributed by atoms with Gasteiger partial charge < -0.3 is 10.6 Å². The number of amides is 2. The van der Waals surface area contributed by atoms with E-state index >= 15 is 0 Å². The highest BCUT2D eigenvalue weighted by atomic mass is 16.2. The number of aromatic nitrogens is 2. The SMILES string of the molecule is CCCNC(=O)CN1CCC(NC(=O)C(=O)c2c(C)nn(-c3ccccc3)c2C)CC1. The lowest BCUT2D eigenvalue weighted by atomic mass is 10.0. The molecule has 0 unspecified atom stereocenters. The van der Waals surface area contributed by atoms with Crippen LogP contribution in [0.5, 0.6) is 0 Å². The van der Waals surface area contributed by atoms with Gasteiger partial charge in [0, 0.05) is 25.7 Å². The van der Waals surface area contributed by atoms with Crippen molar-refractivity contribution in [1.29, 1.82) is 0 Å². The molecule has 0 saturated carbocycles. The van der Waals surface area contributed by atoms with Crippen LogP contribution in [0, 0.1) is 13.8 Å². The largest absolute Gasteiger partial charge is 0.355 e. The molecule has 1 fully saturated rings. The Morgan fingerprint density at radius 3 is 2.42 bits per heavy atom. The zero-order valence-electron chi connectivity index (χ0n) is 18.5. The number of carbonyl (C=O) groups excluding carboxylic acids is 3. The van der Waals surface area contributed by atoms with Gasteiger partial charge in [-0.2, -0.15) is 5.10 Å². The molecular formula is C23H31N5O3. The van der Waals surface area contributed by atoms with Gasteiger partial charge in [-0.3, -0.25) is 19.3 Å². The molecule has 0 bridgehead atoms. The van der Waals surface area contributed by atoms with Gasteiger partial charge in [0.15, 0.2) is 0 Å². The van der Waals surface area contributed by atoms with Gasteiger partial charge in [0.25, 0.3) is 11.7 Å². The molecule has 2 amide bonds. The Morgan fingerprint density at radius 1 is 1.10 bits per heavy atom. The number of piperidine rings is 1. The first-order valence-corrected chi connectivity index (χ1v) is 10.9. The van der Waals surface area contributed by atoms with Crippen molar-refractivity contribution in [1.82, 2.24) is 25.3 Å². The number of hydrogen-bond acceptors (Lipinski definition) is 5. The fourth-order valence-corrected chi connectivity index (χ4v) is 3.92. The second-order valence-corrected chi connectivity index (χ2v) is 8.00. The summed E-state index contributed by atoms with van der Waals surface area (Å²) in [6.45, 7) is 8.05. The summed E-state index contributed by atoms with van der Waals surface area (Å²) >= 11 is 0. The molecule has 0 spiro atoms. The maximum atomic E-state index is 12.9. The van der Waals surface area contributed by atoms with E-state index in [1.54, 1.807) is 18.5 Å². The Bertz CT molecular complexity index is 930. The van der Waals surface area contributed by atoms with Gasteiger partial charge >= 0.3 is 0 Å². The quantitative estimate of drug-likeness (QED) is 0.496. The first kappa shape index (κ1) is 22.7. The molecule has 1 saturated heterocycles. The number of ketones is 1. The molecule has 2 aromatic rings. The van der Waals surface area contributed by atoms with Crippen LogP contribution in [0.15, 0.2) is 30.3 Å². The minimum absolute atomic E-state index is 0.0286. The maximum absolute atomic E-state index is 12.9. The average molecular weight is 426 g/mol. The summed E-state index contributed by atoms with van der Waals surface area (Å²) in [5.41, 5.74) is 2.38. The number of carbonyl (C=O) groups is 3. The van der Waals surface area contributed by atoms with Crippen molar-refractivity contribution in [2.24, 2.45) is 0 Å². The summed E-state index contributed by atoms with van der Waals surface area (Å²) in [5.74, 6) is -1.13. The third kappa shape index (κ3) is 5.58. The molecule has 1 aliphatic heterocycles. The van der Waals surface area contributed by atoms with E-state index in [0.717, 1.165) is 12.1 Å². The summed E-state index contributed by atoms with van der Waals surface area (Å²) in [6.07, 6.45) is 2.33. The van der Waals surface area contributed by atoms with Gasteiger partial charge in [0.2, 0.25) is 5.91 Å². The predicted octanol–water partition coefficient (Wildman–Crippen LogP) is 1.78. The van der Waals surface area contributed by atoms with Gasteiger partial charge in [-0.15, -0.1) is 0 Å². The Balaban J connectivity index is 1.57. The molecule has 1 aromatic carbocycles. The number of benzene rings is 1. The normalized spacial score (nSPS) is 14.9. The number of rotatable bonds is 8. The smallest absolute Gasteiger partial charge is 0.292 e. The van der Waals surface area contributed by atoms with E-state index in [4.69, 9.17) is 0 Å². The number of nitrogens with one attached hydrogen (secondary N) is 2. The van der Waals surface area contributed by atoms with Crippen molar-refractivity contribution in [2.45, 2.75) is 46.1 Å². The number of para-hydroxylation sites is 1. The van der Waals surface area contributed by atoms with Gasteiger partial charge in [0.05, 0.1) is 29.2 Å². The lowest BCUT2D eigenvalue weighted by Gasteiger charge is -2.31. The molecule has 8 nitrogen and oxygen atoms in total. The van der Waals surface area contributed by atoms with Crippen LogP contribution in [0.4, 0.5) is 0 Å². The van der Waals surface area contributed by atoms with E-state index in [1.807, 2.05) is 37.3 Å². The van der Waals surface area contributed by atoms with E-state index in [2.05, 4.69) is 20.6 Å². The van der Waals surface area contributed by atoms with Gasteiger partial charge in [-0.25, -0.2) is 4.68 Å². The van der Waals surface area contributed by atoms with E-state index in [-0.39, 0.29) is 11.9 Å². The highest BCUT2D eigenvalue weighted by molar-refractivity contribution is 6.43. The molecule has 31 heavy (non-hydrogen) atoms. The zero-order valence-corrected chi connectivity index (χ0v) is 18.5. The van der Waals surface area contributed by atoms with Crippen LogP contribution < -0.4 is 10.6 Å². The van der Waals surface area contributed by atoms with E-state index < -0.39 is 11.7 Å². The van der Waals surface area contributed by atoms with Crippen LogP contribution in [0.25, 0.3) is 5.69 Å². The topological polar surface area (TPSA) is 96.3 Å². The van der Waals surface area contributed by atoms with E-state index in [1.165, 1.54) is 0 Å². The summed E-state index contributed by atoms with van der Waals surface area (Å²) in [5, 5.41) is 10.2. The molecule has 1 aliphatic rings. The van der Waals surface area contributed by atoms with Crippen LogP contribution in [-0.2, 0) is 9.59 Å². The predicted molar refractivity (Wildman–Crippen MR) is 118 cm³/mol. The van der Waals surface area contributed by atoms with Crippen molar-refractivity contribution in [3.05, 3.63) is 47.3 Å². The zero-order chi connectivity index (χ0) is 22.4. The lowest BCUT2D eigenvalue weighted by Crippen LogP contribution is -2.48. The monoisotopic (exact) mass is 425 g/mol. The van der Waals surface area contributed by atoms with E-state index in [0.29, 0.717) is 56.0 Å². The lowest BCUT2D eigenvalue weighted by molar-refractivity contribution is -0.123. The summed E-state index contributed by atoms with van der Waals surface area (Å²) in [4.78, 5) is 39.5. The van der Waals surface area contributed by atoms with Crippen molar-refractivity contribution >= 4 is 17.6 Å². The molecule has 2 heterocycles. The first-order valence-electron chi connectivity index (χ1n) is 10.9. The Labute approximate surface area is 183 Å². The number of aryl methyl sites for hydroxylation is 1. The summed E-state index contributed by atoms with van der Waals surface area (Å²) in [7, 11) is 0. The maximum Gasteiger partial charge on any atom is 0.292 e. The number of Topliss-reactive ketones (excluding diaryl/α,β-unsaturated/α-hetero) is 1. The van der Waals surface area contributed by atoms with Crippen molar-refractivity contribution in [2.75, 3.05) is 26.2 Å². The number of hydrogen-bond donors (Lipinski definition) is 2. The molecule has 0 aliphatic carbocycles. The molecule has 8 heteroatoms. The average Bonchev–Trinajstić information content (AvgIpc) is 3.07. The van der Waals surface area contributed by atoms with E-state index in [9.17, 15) is 14.4 Å². The standard InChI is InChI=1S/C23H31N5O3/c1-4-12-24-20(29)15-27-13-10-18(11-14-27)25-23(31)22(30)21-16(2)26-28(17(21)3)19-8-6-5-7-9-19/h5-9,18H,4,10-15H2,1-3H3,(H,24,29)(H,25,31). The number of nitrogens with zero attached hydrogens (tertiary/aromatic N) is 3. The minimum atomic E-state index is -0.599. The van der Waals surface area contributed by atoms with Crippen LogP contribution in [-0.4, -0.2) is 64.5 Å². The third-order valence-corrected chi connectivity index (χ3v) is 5.59. The van der Waals surface area contributed by atoms with Crippen molar-refractivity contribution < 1.29 is 14.4 Å². The second-order valence-electron chi connectivity index (χ2n) is 8.00. The Kier molecular flexibility index (Phi) is 7.57. The van der Waals surface area contributed by atoms with Crippen molar-refractivity contribution in [3.8, 4) is 5.69 Å². The third-order valence-electron chi connectivity index (χ3n) is 5.59. The summed E-state index contributed by atoms with van der Waals surface area (Å²) < 4.78 is 1.69. The fraction of sp³-hybridized carbons (Fsp3) is 0.478. The Hall–Kier alpha value is -3.00. The molecule has 0 atom stereocenters. The van der Waals surface area contributed by atoms with Gasteiger partial charge in [-0.05, 0) is 45.2 Å². The Morgan fingerprint density at radius 2 is 1.77 bits per heavy atom. The highest BCUT2D eigenvalue weighted by Crippen LogP contribution is 2.19. The van der Waals surface area contributed by atoms with Gasteiger partial charge in [0.1, 0.15) is 0 Å². The second kappa shape index (κ2) is 10.3. The van der Waals surface area contributed by atoms with Crippen LogP contribution >= 0.6 is 0 Å². The molecule has 0 radical (unpaired) electrons. The first-order chi connectivity index (χ1) is 14.9. The fourth-order valence-electron chi connectivity index (χ4n) is 3.92. The van der Waals surface area contributed by atoms with Crippen LogP contribution in [0.1, 0.15) is 47.9 Å². The van der Waals surface area contributed by atoms with Crippen LogP contribution in [0.2, 0.25) is 0 Å². The minimum Gasteiger partial charge on any atom is -0.355 e. The van der Waals surface area contributed by atoms with Crippen molar-refractivity contribution in [3.63, 3.8) is 0 Å². The highest BCUT2D eigenvalue weighted by Gasteiger charge is 2.28. The summed E-state index contributed by atoms with van der Waals surface area (Å²) in [6, 6.07) is 9.46. The molecule has 3 rings (SSSR count).